The van der Waals surface area contributed by atoms with Crippen molar-refractivity contribution in [3.8, 4) is 0 Å². The SMILES string of the molecule is CC1CN(C)CC(C(=O)O)C1=O. The van der Waals surface area contributed by atoms with Gasteiger partial charge >= 0.3 is 5.97 Å². The van der Waals surface area contributed by atoms with E-state index in [0.29, 0.717) is 13.1 Å². The molecule has 1 rings (SSSR count). The lowest BCUT2D eigenvalue weighted by molar-refractivity contribution is -0.150. The zero-order valence-corrected chi connectivity index (χ0v) is 7.28. The highest BCUT2D eigenvalue weighted by atomic mass is 16.4. The van der Waals surface area contributed by atoms with Gasteiger partial charge in [0.05, 0.1) is 0 Å². The molecule has 68 valence electrons. The first-order valence-electron chi connectivity index (χ1n) is 3.97. The van der Waals surface area contributed by atoms with E-state index in [0.717, 1.165) is 0 Å². The summed E-state index contributed by atoms with van der Waals surface area (Å²) < 4.78 is 0. The van der Waals surface area contributed by atoms with Gasteiger partial charge < -0.3 is 10.0 Å². The number of carboxylic acids is 1. The van der Waals surface area contributed by atoms with Gasteiger partial charge in [-0.3, -0.25) is 9.59 Å². The smallest absolute Gasteiger partial charge is 0.315 e. The summed E-state index contributed by atoms with van der Waals surface area (Å²) in [6, 6.07) is 0. The van der Waals surface area contributed by atoms with Gasteiger partial charge in [0.2, 0.25) is 0 Å². The molecule has 0 amide bonds. The molecule has 0 bridgehead atoms. The molecule has 1 heterocycles. The largest absolute Gasteiger partial charge is 0.481 e. The second kappa shape index (κ2) is 3.23. The Bertz CT molecular complexity index is 214. The number of carboxylic acid groups (broad SMARTS) is 1. The van der Waals surface area contributed by atoms with Crippen molar-refractivity contribution in [1.29, 1.82) is 0 Å². The molecule has 0 aliphatic carbocycles. The Hall–Kier alpha value is -0.900. The monoisotopic (exact) mass is 171 g/mol. The van der Waals surface area contributed by atoms with Gasteiger partial charge in [0, 0.05) is 19.0 Å². The Labute approximate surface area is 71.2 Å². The normalized spacial score (nSPS) is 32.0. The summed E-state index contributed by atoms with van der Waals surface area (Å²) in [6.07, 6.45) is 0. The number of piperidine rings is 1. The van der Waals surface area contributed by atoms with Gasteiger partial charge in [0.25, 0.3) is 0 Å². The summed E-state index contributed by atoms with van der Waals surface area (Å²) >= 11 is 0. The fourth-order valence-corrected chi connectivity index (χ4v) is 1.58. The summed E-state index contributed by atoms with van der Waals surface area (Å²) in [4.78, 5) is 23.8. The Morgan fingerprint density at radius 2 is 2.17 bits per heavy atom. The second-order valence-electron chi connectivity index (χ2n) is 3.42. The van der Waals surface area contributed by atoms with Crippen LogP contribution < -0.4 is 0 Å². The molecule has 4 nitrogen and oxygen atoms in total. The van der Waals surface area contributed by atoms with Crippen molar-refractivity contribution in [2.75, 3.05) is 20.1 Å². The molecule has 1 N–H and O–H groups in total. The van der Waals surface area contributed by atoms with Crippen LogP contribution in [-0.4, -0.2) is 41.9 Å². The first-order chi connectivity index (χ1) is 5.52. The van der Waals surface area contributed by atoms with Crippen molar-refractivity contribution in [3.63, 3.8) is 0 Å². The molecule has 2 unspecified atom stereocenters. The lowest BCUT2D eigenvalue weighted by atomic mass is 9.89. The minimum Gasteiger partial charge on any atom is -0.481 e. The Kier molecular flexibility index (Phi) is 2.47. The number of aliphatic carboxylic acids is 1. The van der Waals surface area contributed by atoms with Crippen LogP contribution in [0.15, 0.2) is 0 Å². The molecule has 1 saturated heterocycles. The topological polar surface area (TPSA) is 57.6 Å². The van der Waals surface area contributed by atoms with E-state index in [1.165, 1.54) is 0 Å². The number of ketones is 1. The molecule has 0 aromatic heterocycles. The quantitative estimate of drug-likeness (QED) is 0.557. The maximum absolute atomic E-state index is 11.3. The number of carbonyl (C=O) groups excluding carboxylic acids is 1. The minimum atomic E-state index is -1.00. The van der Waals surface area contributed by atoms with Crippen molar-refractivity contribution in [2.24, 2.45) is 11.8 Å². The third-order valence-corrected chi connectivity index (χ3v) is 2.21. The third-order valence-electron chi connectivity index (χ3n) is 2.21. The van der Waals surface area contributed by atoms with Crippen LogP contribution in [0.1, 0.15) is 6.92 Å². The highest BCUT2D eigenvalue weighted by Crippen LogP contribution is 2.16. The third kappa shape index (κ3) is 1.64. The molecular weight excluding hydrogens is 158 g/mol. The van der Waals surface area contributed by atoms with E-state index in [4.69, 9.17) is 5.11 Å². The highest BCUT2D eigenvalue weighted by Gasteiger charge is 2.35. The van der Waals surface area contributed by atoms with Crippen LogP contribution in [0.5, 0.6) is 0 Å². The molecule has 2 atom stereocenters. The number of hydrogen-bond donors (Lipinski definition) is 1. The van der Waals surface area contributed by atoms with Crippen molar-refractivity contribution >= 4 is 11.8 Å². The lowest BCUT2D eigenvalue weighted by Gasteiger charge is -2.30. The van der Waals surface area contributed by atoms with Gasteiger partial charge in [-0.2, -0.15) is 0 Å². The summed E-state index contributed by atoms with van der Waals surface area (Å²) in [5.74, 6) is -2.11. The average molecular weight is 171 g/mol. The molecule has 0 aromatic rings. The predicted octanol–water partition coefficient (Wildman–Crippen LogP) is -0.162. The van der Waals surface area contributed by atoms with E-state index in [1.54, 1.807) is 6.92 Å². The molecular formula is C8H13NO3. The van der Waals surface area contributed by atoms with Gasteiger partial charge in [0.1, 0.15) is 5.92 Å². The predicted molar refractivity (Wildman–Crippen MR) is 42.8 cm³/mol. The summed E-state index contributed by atoms with van der Waals surface area (Å²) in [6.45, 7) is 2.79. The van der Waals surface area contributed by atoms with Crippen LogP contribution in [0.2, 0.25) is 0 Å². The van der Waals surface area contributed by atoms with Crippen LogP contribution in [0, 0.1) is 11.8 Å². The van der Waals surface area contributed by atoms with Gasteiger partial charge in [0.15, 0.2) is 5.78 Å². The number of Topliss-reactive ketones (excluding diaryl/α,β-unsaturated/α-hetero) is 1. The molecule has 0 radical (unpaired) electrons. The number of rotatable bonds is 1. The van der Waals surface area contributed by atoms with Gasteiger partial charge in [-0.05, 0) is 7.05 Å². The van der Waals surface area contributed by atoms with E-state index in [9.17, 15) is 9.59 Å². The Morgan fingerprint density at radius 1 is 1.58 bits per heavy atom. The molecule has 4 heteroatoms. The number of likely N-dealkylation sites (tertiary alicyclic amines) is 1. The molecule has 12 heavy (non-hydrogen) atoms. The van der Waals surface area contributed by atoms with Crippen LogP contribution in [0.4, 0.5) is 0 Å². The van der Waals surface area contributed by atoms with Crippen molar-refractivity contribution < 1.29 is 14.7 Å². The van der Waals surface area contributed by atoms with Crippen molar-refractivity contribution in [2.45, 2.75) is 6.92 Å². The van der Waals surface area contributed by atoms with E-state index in [1.807, 2.05) is 11.9 Å². The molecule has 1 aliphatic heterocycles. The van der Waals surface area contributed by atoms with E-state index >= 15 is 0 Å². The Morgan fingerprint density at radius 3 is 2.67 bits per heavy atom. The van der Waals surface area contributed by atoms with Crippen LogP contribution in [0.3, 0.4) is 0 Å². The maximum Gasteiger partial charge on any atom is 0.315 e. The Balaban J connectivity index is 2.73. The first-order valence-corrected chi connectivity index (χ1v) is 3.97. The van der Waals surface area contributed by atoms with Gasteiger partial charge in [-0.1, -0.05) is 6.92 Å². The van der Waals surface area contributed by atoms with Crippen LogP contribution >= 0.6 is 0 Å². The molecule has 0 spiro atoms. The molecule has 1 fully saturated rings. The van der Waals surface area contributed by atoms with Crippen LogP contribution in [-0.2, 0) is 9.59 Å². The second-order valence-corrected chi connectivity index (χ2v) is 3.42. The average Bonchev–Trinajstić information content (AvgIpc) is 1.96. The minimum absolute atomic E-state index is 0.138. The molecule has 1 aliphatic rings. The van der Waals surface area contributed by atoms with Crippen LogP contribution in [0.25, 0.3) is 0 Å². The van der Waals surface area contributed by atoms with E-state index in [2.05, 4.69) is 0 Å². The fraction of sp³-hybridized carbons (Fsp3) is 0.750. The number of carbonyl (C=O) groups is 2. The van der Waals surface area contributed by atoms with E-state index < -0.39 is 11.9 Å². The summed E-state index contributed by atoms with van der Waals surface area (Å²) in [5, 5.41) is 8.70. The van der Waals surface area contributed by atoms with Crippen molar-refractivity contribution in [1.82, 2.24) is 4.90 Å². The van der Waals surface area contributed by atoms with Gasteiger partial charge in [-0.15, -0.1) is 0 Å². The standard InChI is InChI=1S/C8H13NO3/c1-5-3-9(2)4-6(7(5)10)8(11)12/h5-6H,3-4H2,1-2H3,(H,11,12). The summed E-state index contributed by atoms with van der Waals surface area (Å²) in [7, 11) is 1.83. The zero-order valence-electron chi connectivity index (χ0n) is 7.28. The highest BCUT2D eigenvalue weighted by molar-refractivity contribution is 6.00. The van der Waals surface area contributed by atoms with E-state index in [-0.39, 0.29) is 11.7 Å². The zero-order chi connectivity index (χ0) is 9.30. The number of hydrogen-bond acceptors (Lipinski definition) is 3. The first kappa shape index (κ1) is 9.19. The summed E-state index contributed by atoms with van der Waals surface area (Å²) in [5.41, 5.74) is 0. The van der Waals surface area contributed by atoms with Gasteiger partial charge in [-0.25, -0.2) is 0 Å². The molecule has 0 aromatic carbocycles. The molecule has 0 saturated carbocycles. The lowest BCUT2D eigenvalue weighted by Crippen LogP contribution is -2.46. The number of nitrogens with zero attached hydrogens (tertiary/aromatic N) is 1. The fourth-order valence-electron chi connectivity index (χ4n) is 1.58. The maximum atomic E-state index is 11.3. The van der Waals surface area contributed by atoms with Crippen molar-refractivity contribution in [3.05, 3.63) is 0 Å².